The standard InChI is InChI=1S/C67H126NO8P/c1-3-5-7-9-11-13-15-17-19-21-23-25-27-29-30-31-32-33-34-36-38-40-42-44-46-48-50-52-54-56-58-60-67(70)76-65(64-75-77(71,72)74-62-61-68)63-73-66(69)59-57-55-53-51-49-47-45-43-41-39-37-35-28-26-24-22-20-18-16-14-12-10-8-6-4-2/h15-18,21-24,65H,3-14,19-20,25-64,68H2,1-2H3,(H,71,72)/b17-15-,18-16-,23-21-,24-22-. The summed E-state index contributed by atoms with van der Waals surface area (Å²) in [5.41, 5.74) is 5.40. The fourth-order valence-corrected chi connectivity index (χ4v) is 10.5. The molecule has 0 aromatic rings. The number of unbranched alkanes of at least 4 members (excludes halogenated alkanes) is 42. The number of ether oxygens (including phenoxy) is 2. The number of phosphoric acid groups is 1. The van der Waals surface area contributed by atoms with Crippen molar-refractivity contribution >= 4 is 19.8 Å². The van der Waals surface area contributed by atoms with E-state index in [2.05, 4.69) is 62.5 Å². The van der Waals surface area contributed by atoms with Gasteiger partial charge in [0.25, 0.3) is 0 Å². The molecule has 0 aromatic carbocycles. The summed E-state index contributed by atoms with van der Waals surface area (Å²) in [6.07, 6.45) is 79.0. The van der Waals surface area contributed by atoms with Crippen molar-refractivity contribution in [2.24, 2.45) is 5.73 Å². The highest BCUT2D eigenvalue weighted by atomic mass is 31.2. The fraction of sp³-hybridized carbons (Fsp3) is 0.851. The number of esters is 2. The maximum Gasteiger partial charge on any atom is 0.472 e. The molecule has 0 aliphatic rings. The van der Waals surface area contributed by atoms with Gasteiger partial charge in [-0.2, -0.15) is 0 Å². The third-order valence-corrected chi connectivity index (χ3v) is 15.7. The SMILES string of the molecule is CCCCCCC/C=C\C/C=C\CCCCCCCCCCCCCCCCCCCCCC(=O)OC(COC(=O)CCCCCCCCCCCCCCC/C=C\C/C=C\CCCCCCC)COP(=O)(O)OCCN. The third-order valence-electron chi connectivity index (χ3n) is 14.7. The van der Waals surface area contributed by atoms with Crippen molar-refractivity contribution < 1.29 is 37.6 Å². The van der Waals surface area contributed by atoms with Gasteiger partial charge in [-0.25, -0.2) is 4.57 Å². The quantitative estimate of drug-likeness (QED) is 0.0264. The largest absolute Gasteiger partial charge is 0.472 e. The minimum absolute atomic E-state index is 0.0544. The molecule has 0 aliphatic heterocycles. The minimum Gasteiger partial charge on any atom is -0.462 e. The summed E-state index contributed by atoms with van der Waals surface area (Å²) in [5.74, 6) is -0.812. The van der Waals surface area contributed by atoms with Gasteiger partial charge in [0.15, 0.2) is 6.10 Å². The summed E-state index contributed by atoms with van der Waals surface area (Å²) >= 11 is 0. The number of rotatable bonds is 63. The average Bonchev–Trinajstić information content (AvgIpc) is 3.42. The van der Waals surface area contributed by atoms with Gasteiger partial charge >= 0.3 is 19.8 Å². The molecular weight excluding hydrogens is 978 g/mol. The van der Waals surface area contributed by atoms with Crippen LogP contribution in [-0.2, 0) is 32.7 Å². The van der Waals surface area contributed by atoms with Crippen molar-refractivity contribution in [3.8, 4) is 0 Å². The molecule has 0 heterocycles. The number of carbonyl (C=O) groups excluding carboxylic acids is 2. The molecule has 0 aliphatic carbocycles. The number of phosphoric ester groups is 1. The average molecular weight is 1100 g/mol. The third kappa shape index (κ3) is 63.0. The van der Waals surface area contributed by atoms with E-state index in [0.717, 1.165) is 44.9 Å². The number of carbonyl (C=O) groups is 2. The lowest BCUT2D eigenvalue weighted by atomic mass is 10.0. The van der Waals surface area contributed by atoms with E-state index in [-0.39, 0.29) is 38.6 Å². The van der Waals surface area contributed by atoms with Gasteiger partial charge in [0, 0.05) is 19.4 Å². The molecule has 0 saturated carbocycles. The van der Waals surface area contributed by atoms with Crippen molar-refractivity contribution in [2.45, 2.75) is 341 Å². The highest BCUT2D eigenvalue weighted by Crippen LogP contribution is 2.43. The molecule has 0 fully saturated rings. The summed E-state index contributed by atoms with van der Waals surface area (Å²) in [7, 11) is -4.39. The van der Waals surface area contributed by atoms with Crippen LogP contribution >= 0.6 is 7.82 Å². The Morgan fingerprint density at radius 2 is 0.675 bits per heavy atom. The molecule has 0 radical (unpaired) electrons. The monoisotopic (exact) mass is 1100 g/mol. The van der Waals surface area contributed by atoms with Gasteiger partial charge in [-0.05, 0) is 77.0 Å². The van der Waals surface area contributed by atoms with Gasteiger partial charge in [0.2, 0.25) is 0 Å². The Morgan fingerprint density at radius 3 is 0.987 bits per heavy atom. The molecule has 0 saturated heterocycles. The second kappa shape index (κ2) is 63.2. The second-order valence-electron chi connectivity index (χ2n) is 22.3. The van der Waals surface area contributed by atoms with E-state index in [1.165, 1.54) is 257 Å². The van der Waals surface area contributed by atoms with Gasteiger partial charge in [0.1, 0.15) is 6.61 Å². The van der Waals surface area contributed by atoms with Crippen LogP contribution in [0.1, 0.15) is 335 Å². The van der Waals surface area contributed by atoms with Gasteiger partial charge in [-0.15, -0.1) is 0 Å². The zero-order valence-corrected chi connectivity index (χ0v) is 51.6. The van der Waals surface area contributed by atoms with Crippen LogP contribution in [0.2, 0.25) is 0 Å². The summed E-state index contributed by atoms with van der Waals surface area (Å²) in [4.78, 5) is 35.3. The van der Waals surface area contributed by atoms with Crippen LogP contribution in [0.5, 0.6) is 0 Å². The highest BCUT2D eigenvalue weighted by Gasteiger charge is 2.26. The van der Waals surface area contributed by atoms with Crippen LogP contribution in [-0.4, -0.2) is 49.3 Å². The van der Waals surface area contributed by atoms with Crippen molar-refractivity contribution in [2.75, 3.05) is 26.4 Å². The van der Waals surface area contributed by atoms with E-state index in [4.69, 9.17) is 24.3 Å². The lowest BCUT2D eigenvalue weighted by Crippen LogP contribution is -2.29. The summed E-state index contributed by atoms with van der Waals surface area (Å²) in [6, 6.07) is 0. The normalized spacial score (nSPS) is 13.2. The van der Waals surface area contributed by atoms with E-state index >= 15 is 0 Å². The molecule has 10 heteroatoms. The zero-order chi connectivity index (χ0) is 55.9. The molecular formula is C67H126NO8P. The first kappa shape index (κ1) is 75.0. The molecule has 452 valence electrons. The van der Waals surface area contributed by atoms with Gasteiger partial charge < -0.3 is 20.1 Å². The molecule has 77 heavy (non-hydrogen) atoms. The molecule has 2 unspecified atom stereocenters. The van der Waals surface area contributed by atoms with Gasteiger partial charge in [0.05, 0.1) is 13.2 Å². The molecule has 0 amide bonds. The topological polar surface area (TPSA) is 134 Å². The highest BCUT2D eigenvalue weighted by molar-refractivity contribution is 7.47. The predicted octanol–water partition coefficient (Wildman–Crippen LogP) is 21.3. The van der Waals surface area contributed by atoms with Crippen molar-refractivity contribution in [1.29, 1.82) is 0 Å². The molecule has 2 atom stereocenters. The second-order valence-corrected chi connectivity index (χ2v) is 23.8. The first-order valence-corrected chi connectivity index (χ1v) is 34.6. The van der Waals surface area contributed by atoms with Gasteiger partial charge in [-0.1, -0.05) is 294 Å². The van der Waals surface area contributed by atoms with E-state index in [1.807, 2.05) is 0 Å². The lowest BCUT2D eigenvalue weighted by Gasteiger charge is -2.19. The van der Waals surface area contributed by atoms with E-state index in [9.17, 15) is 19.0 Å². The molecule has 0 spiro atoms. The van der Waals surface area contributed by atoms with Crippen LogP contribution in [0.15, 0.2) is 48.6 Å². The molecule has 0 bridgehead atoms. The van der Waals surface area contributed by atoms with Gasteiger partial charge in [-0.3, -0.25) is 18.6 Å². The Hall–Kier alpha value is -2.03. The number of nitrogens with two attached hydrogens (primary N) is 1. The molecule has 0 rings (SSSR count). The fourth-order valence-electron chi connectivity index (χ4n) is 9.76. The van der Waals surface area contributed by atoms with Crippen LogP contribution in [0, 0.1) is 0 Å². The van der Waals surface area contributed by atoms with E-state index in [0.29, 0.717) is 6.42 Å². The number of hydrogen-bond acceptors (Lipinski definition) is 8. The molecule has 0 aromatic heterocycles. The first-order valence-electron chi connectivity index (χ1n) is 33.1. The lowest BCUT2D eigenvalue weighted by molar-refractivity contribution is -0.161. The summed E-state index contributed by atoms with van der Waals surface area (Å²) in [5, 5.41) is 0. The Bertz CT molecular complexity index is 1400. The smallest absolute Gasteiger partial charge is 0.462 e. The Balaban J connectivity index is 3.87. The maximum atomic E-state index is 12.7. The first-order chi connectivity index (χ1) is 37.8. The van der Waals surface area contributed by atoms with Crippen molar-refractivity contribution in [1.82, 2.24) is 0 Å². The Kier molecular flexibility index (Phi) is 61.5. The van der Waals surface area contributed by atoms with E-state index in [1.54, 1.807) is 0 Å². The van der Waals surface area contributed by atoms with Crippen LogP contribution < -0.4 is 5.73 Å². The van der Waals surface area contributed by atoms with Crippen LogP contribution in [0.4, 0.5) is 0 Å². The minimum atomic E-state index is -4.39. The van der Waals surface area contributed by atoms with Crippen molar-refractivity contribution in [3.63, 3.8) is 0 Å². The van der Waals surface area contributed by atoms with E-state index < -0.39 is 26.5 Å². The van der Waals surface area contributed by atoms with Crippen molar-refractivity contribution in [3.05, 3.63) is 48.6 Å². The summed E-state index contributed by atoms with van der Waals surface area (Å²) in [6.45, 7) is 3.78. The Labute approximate surface area is 477 Å². The van der Waals surface area contributed by atoms with Crippen LogP contribution in [0.3, 0.4) is 0 Å². The number of allylic oxidation sites excluding steroid dienone is 8. The maximum absolute atomic E-state index is 12.7. The molecule has 9 nitrogen and oxygen atoms in total. The summed E-state index contributed by atoms with van der Waals surface area (Å²) < 4.78 is 33.1. The zero-order valence-electron chi connectivity index (χ0n) is 50.7. The Morgan fingerprint density at radius 1 is 0.390 bits per heavy atom. The van der Waals surface area contributed by atoms with Crippen LogP contribution in [0.25, 0.3) is 0 Å². The predicted molar refractivity (Wildman–Crippen MR) is 330 cm³/mol. The molecule has 3 N–H and O–H groups in total. The number of hydrogen-bond donors (Lipinski definition) is 2.